The summed E-state index contributed by atoms with van der Waals surface area (Å²) in [5.41, 5.74) is 8.85. The van der Waals surface area contributed by atoms with Crippen molar-refractivity contribution in [2.75, 3.05) is 6.54 Å². The first-order chi connectivity index (χ1) is 8.96. The standard InChI is InChI=1S/C16H25N3.HI/c1-16(2,3)19-15(17)18-11-13-9-6-8-12-7-4-5-10-14(12)13;/h4-5,7,10,13H,6,8-9,11H2,1-3H3,(H3,17,18,19);1H. The second kappa shape index (κ2) is 7.29. The molecule has 2 rings (SSSR count). The highest BCUT2D eigenvalue weighted by Gasteiger charge is 2.19. The molecule has 1 unspecified atom stereocenters. The Balaban J connectivity index is 0.00000200. The number of nitrogens with two attached hydrogens (primary N) is 1. The molecule has 112 valence electrons. The van der Waals surface area contributed by atoms with Crippen LogP contribution in [0.3, 0.4) is 0 Å². The van der Waals surface area contributed by atoms with E-state index < -0.39 is 0 Å². The van der Waals surface area contributed by atoms with E-state index >= 15 is 0 Å². The molecule has 3 N–H and O–H groups in total. The summed E-state index contributed by atoms with van der Waals surface area (Å²) in [5.74, 6) is 1.07. The molecule has 0 aliphatic heterocycles. The van der Waals surface area contributed by atoms with Gasteiger partial charge >= 0.3 is 0 Å². The smallest absolute Gasteiger partial charge is 0.189 e. The van der Waals surface area contributed by atoms with Crippen LogP contribution in [0, 0.1) is 0 Å². The Bertz CT molecular complexity index is 463. The Kier molecular flexibility index (Phi) is 6.30. The number of halogens is 1. The molecule has 1 atom stereocenters. The summed E-state index contributed by atoms with van der Waals surface area (Å²) < 4.78 is 0. The van der Waals surface area contributed by atoms with Gasteiger partial charge in [0.05, 0.1) is 0 Å². The molecule has 1 aliphatic rings. The molecule has 1 aliphatic carbocycles. The van der Waals surface area contributed by atoms with Crippen LogP contribution >= 0.6 is 24.0 Å². The predicted molar refractivity (Wildman–Crippen MR) is 96.9 cm³/mol. The zero-order valence-corrected chi connectivity index (χ0v) is 15.0. The van der Waals surface area contributed by atoms with E-state index in [1.165, 1.54) is 30.4 Å². The predicted octanol–water partition coefficient (Wildman–Crippen LogP) is 3.43. The minimum Gasteiger partial charge on any atom is -0.370 e. The van der Waals surface area contributed by atoms with Gasteiger partial charge in [0.25, 0.3) is 0 Å². The lowest BCUT2D eigenvalue weighted by Crippen LogP contribution is -2.45. The molecule has 0 heterocycles. The van der Waals surface area contributed by atoms with Crippen molar-refractivity contribution in [2.45, 2.75) is 51.5 Å². The Hall–Kier alpha value is -0.780. The highest BCUT2D eigenvalue weighted by Crippen LogP contribution is 2.31. The second-order valence-corrected chi connectivity index (χ2v) is 6.39. The Morgan fingerprint density at radius 3 is 2.75 bits per heavy atom. The lowest BCUT2D eigenvalue weighted by Gasteiger charge is -2.25. The summed E-state index contributed by atoms with van der Waals surface area (Å²) >= 11 is 0. The molecule has 0 radical (unpaired) electrons. The number of aryl methyl sites for hydroxylation is 1. The monoisotopic (exact) mass is 387 g/mol. The third kappa shape index (κ3) is 4.96. The molecule has 1 aromatic rings. The van der Waals surface area contributed by atoms with Crippen LogP contribution in [0.1, 0.15) is 50.7 Å². The van der Waals surface area contributed by atoms with Gasteiger partial charge in [-0.15, -0.1) is 24.0 Å². The molecule has 0 spiro atoms. The SMILES string of the molecule is CC(C)(C)NC(N)=NCC1CCCc2ccccc21.I. The van der Waals surface area contributed by atoms with Gasteiger partial charge in [-0.25, -0.2) is 0 Å². The lowest BCUT2D eigenvalue weighted by molar-refractivity contribution is 0.505. The fraction of sp³-hybridized carbons (Fsp3) is 0.562. The topological polar surface area (TPSA) is 50.4 Å². The van der Waals surface area contributed by atoms with Crippen molar-refractivity contribution in [3.05, 3.63) is 35.4 Å². The van der Waals surface area contributed by atoms with Gasteiger partial charge in [0.2, 0.25) is 0 Å². The molecule has 4 heteroatoms. The third-order valence-corrected chi connectivity index (χ3v) is 3.48. The Labute approximate surface area is 139 Å². The molecule has 20 heavy (non-hydrogen) atoms. The summed E-state index contributed by atoms with van der Waals surface area (Å²) in [6.07, 6.45) is 3.67. The normalized spacial score (nSPS) is 18.9. The maximum Gasteiger partial charge on any atom is 0.189 e. The first-order valence-electron chi connectivity index (χ1n) is 7.11. The lowest BCUT2D eigenvalue weighted by atomic mass is 9.83. The molecule has 0 saturated carbocycles. The number of fused-ring (bicyclic) bond motifs is 1. The van der Waals surface area contributed by atoms with Crippen LogP contribution in [-0.4, -0.2) is 18.0 Å². The zero-order valence-electron chi connectivity index (χ0n) is 12.6. The minimum absolute atomic E-state index is 0. The van der Waals surface area contributed by atoms with Gasteiger partial charge in [-0.1, -0.05) is 24.3 Å². The highest BCUT2D eigenvalue weighted by atomic mass is 127. The number of nitrogens with zero attached hydrogens (tertiary/aromatic N) is 1. The van der Waals surface area contributed by atoms with Crippen LogP contribution in [0.5, 0.6) is 0 Å². The summed E-state index contributed by atoms with van der Waals surface area (Å²) in [7, 11) is 0. The molecular formula is C16H26IN3. The molecule has 3 nitrogen and oxygen atoms in total. The molecule has 0 bridgehead atoms. The van der Waals surface area contributed by atoms with E-state index in [1.54, 1.807) is 0 Å². The Morgan fingerprint density at radius 1 is 1.35 bits per heavy atom. The van der Waals surface area contributed by atoms with Crippen LogP contribution in [0.4, 0.5) is 0 Å². The van der Waals surface area contributed by atoms with Crippen LogP contribution < -0.4 is 11.1 Å². The number of hydrogen-bond donors (Lipinski definition) is 2. The van der Waals surface area contributed by atoms with Crippen LogP contribution in [-0.2, 0) is 6.42 Å². The van der Waals surface area contributed by atoms with E-state index in [0.29, 0.717) is 11.9 Å². The average Bonchev–Trinajstić information content (AvgIpc) is 2.34. The average molecular weight is 387 g/mol. The van der Waals surface area contributed by atoms with Gasteiger partial charge in [0, 0.05) is 18.0 Å². The molecule has 1 aromatic carbocycles. The zero-order chi connectivity index (χ0) is 13.9. The van der Waals surface area contributed by atoms with Crippen molar-refractivity contribution in [1.82, 2.24) is 5.32 Å². The van der Waals surface area contributed by atoms with Crippen molar-refractivity contribution < 1.29 is 0 Å². The molecule has 0 aromatic heterocycles. The van der Waals surface area contributed by atoms with E-state index in [0.717, 1.165) is 6.54 Å². The van der Waals surface area contributed by atoms with Crippen LogP contribution in [0.25, 0.3) is 0 Å². The first-order valence-corrected chi connectivity index (χ1v) is 7.11. The van der Waals surface area contributed by atoms with Crippen molar-refractivity contribution in [1.29, 1.82) is 0 Å². The maximum absolute atomic E-state index is 5.94. The quantitative estimate of drug-likeness (QED) is 0.464. The number of aliphatic imine (C=N–C) groups is 1. The van der Waals surface area contributed by atoms with E-state index in [9.17, 15) is 0 Å². The van der Waals surface area contributed by atoms with Gasteiger partial charge in [-0.05, 0) is 51.2 Å². The van der Waals surface area contributed by atoms with Crippen molar-refractivity contribution in [2.24, 2.45) is 10.7 Å². The number of rotatable bonds is 2. The second-order valence-electron chi connectivity index (χ2n) is 6.39. The van der Waals surface area contributed by atoms with Gasteiger partial charge in [-0.3, -0.25) is 4.99 Å². The van der Waals surface area contributed by atoms with Gasteiger partial charge in [-0.2, -0.15) is 0 Å². The van der Waals surface area contributed by atoms with Crippen LogP contribution in [0.15, 0.2) is 29.3 Å². The van der Waals surface area contributed by atoms with Crippen molar-refractivity contribution in [3.8, 4) is 0 Å². The van der Waals surface area contributed by atoms with Crippen molar-refractivity contribution in [3.63, 3.8) is 0 Å². The van der Waals surface area contributed by atoms with E-state index in [2.05, 4.69) is 55.3 Å². The Morgan fingerprint density at radius 2 is 2.05 bits per heavy atom. The molecule has 0 fully saturated rings. The summed E-state index contributed by atoms with van der Waals surface area (Å²) in [6.45, 7) is 7.05. The van der Waals surface area contributed by atoms with Gasteiger partial charge < -0.3 is 11.1 Å². The largest absolute Gasteiger partial charge is 0.370 e. The van der Waals surface area contributed by atoms with Crippen molar-refractivity contribution >= 4 is 29.9 Å². The molecule has 0 saturated heterocycles. The minimum atomic E-state index is -0.0297. The maximum atomic E-state index is 5.94. The highest BCUT2D eigenvalue weighted by molar-refractivity contribution is 14.0. The van der Waals surface area contributed by atoms with Gasteiger partial charge in [0.15, 0.2) is 5.96 Å². The molecular weight excluding hydrogens is 361 g/mol. The van der Waals surface area contributed by atoms with Crippen LogP contribution in [0.2, 0.25) is 0 Å². The number of benzene rings is 1. The van der Waals surface area contributed by atoms with E-state index in [1.807, 2.05) is 0 Å². The third-order valence-electron chi connectivity index (χ3n) is 3.48. The first kappa shape index (κ1) is 17.3. The van der Waals surface area contributed by atoms with E-state index in [4.69, 9.17) is 5.73 Å². The van der Waals surface area contributed by atoms with Gasteiger partial charge in [0.1, 0.15) is 0 Å². The summed E-state index contributed by atoms with van der Waals surface area (Å²) in [6, 6.07) is 8.72. The number of guanidine groups is 1. The fourth-order valence-electron chi connectivity index (χ4n) is 2.68. The van der Waals surface area contributed by atoms with E-state index in [-0.39, 0.29) is 29.5 Å². The summed E-state index contributed by atoms with van der Waals surface area (Å²) in [5, 5.41) is 3.21. The number of hydrogen-bond acceptors (Lipinski definition) is 1. The fourth-order valence-corrected chi connectivity index (χ4v) is 2.68. The molecule has 0 amide bonds. The number of nitrogens with one attached hydrogen (secondary N) is 1. The summed E-state index contributed by atoms with van der Waals surface area (Å²) in [4.78, 5) is 4.52.